The van der Waals surface area contributed by atoms with E-state index >= 15 is 0 Å². The normalized spacial score (nSPS) is 11.3. The average molecular weight is 393 g/mol. The second kappa shape index (κ2) is 9.38. The molecular formula is C19H23NO6S. The molecule has 0 unspecified atom stereocenters. The summed E-state index contributed by atoms with van der Waals surface area (Å²) in [6.07, 6.45) is 0. The molecular weight excluding hydrogens is 370 g/mol. The summed E-state index contributed by atoms with van der Waals surface area (Å²) in [6.45, 7) is 1.44. The number of hydrogen-bond acceptors (Lipinski definition) is 6. The van der Waals surface area contributed by atoms with Crippen LogP contribution in [0.5, 0.6) is 11.5 Å². The minimum absolute atomic E-state index is 0.0162. The molecule has 0 fully saturated rings. The fourth-order valence-electron chi connectivity index (χ4n) is 2.49. The highest BCUT2D eigenvalue weighted by atomic mass is 32.2. The molecule has 0 radical (unpaired) electrons. The first-order valence-electron chi connectivity index (χ1n) is 8.34. The van der Waals surface area contributed by atoms with Gasteiger partial charge in [0.05, 0.1) is 20.8 Å². The standard InChI is InChI=1S/C19H23NO6S/c1-4-26-19(21)14-20(13-15-8-6-5-7-9-15)27(22,23)18-12-16(24-2)10-11-17(18)25-3/h5-12H,4,13-14H2,1-3H3. The van der Waals surface area contributed by atoms with Crippen molar-refractivity contribution in [3.63, 3.8) is 0 Å². The Bertz CT molecular complexity index is 867. The van der Waals surface area contributed by atoms with E-state index in [0.717, 1.165) is 9.87 Å². The first-order valence-corrected chi connectivity index (χ1v) is 9.78. The van der Waals surface area contributed by atoms with Crippen LogP contribution in [0.4, 0.5) is 0 Å². The predicted molar refractivity (Wildman–Crippen MR) is 100 cm³/mol. The molecule has 27 heavy (non-hydrogen) atoms. The molecule has 0 bridgehead atoms. The molecule has 8 heteroatoms. The molecule has 0 aliphatic rings. The lowest BCUT2D eigenvalue weighted by Gasteiger charge is -2.23. The number of ether oxygens (including phenoxy) is 3. The molecule has 2 aromatic carbocycles. The minimum Gasteiger partial charge on any atom is -0.497 e. The first-order chi connectivity index (χ1) is 12.9. The molecule has 0 spiro atoms. The summed E-state index contributed by atoms with van der Waals surface area (Å²) in [7, 11) is -1.23. The number of hydrogen-bond donors (Lipinski definition) is 0. The van der Waals surface area contributed by atoms with Crippen LogP contribution in [0.1, 0.15) is 12.5 Å². The van der Waals surface area contributed by atoms with E-state index < -0.39 is 22.5 Å². The third kappa shape index (κ3) is 5.21. The van der Waals surface area contributed by atoms with Gasteiger partial charge in [0, 0.05) is 12.6 Å². The van der Waals surface area contributed by atoms with Crippen molar-refractivity contribution in [2.24, 2.45) is 0 Å². The van der Waals surface area contributed by atoms with Crippen LogP contribution in [0.25, 0.3) is 0 Å². The van der Waals surface area contributed by atoms with Crippen LogP contribution in [-0.4, -0.2) is 46.1 Å². The summed E-state index contributed by atoms with van der Waals surface area (Å²) in [4.78, 5) is 11.9. The van der Waals surface area contributed by atoms with Crippen LogP contribution in [0, 0.1) is 0 Å². The third-order valence-electron chi connectivity index (χ3n) is 3.80. The topological polar surface area (TPSA) is 82.1 Å². The Labute approximate surface area is 159 Å². The molecule has 0 heterocycles. The van der Waals surface area contributed by atoms with Crippen molar-refractivity contribution in [1.82, 2.24) is 4.31 Å². The highest BCUT2D eigenvalue weighted by Crippen LogP contribution is 2.31. The summed E-state index contributed by atoms with van der Waals surface area (Å²) >= 11 is 0. The molecule has 0 amide bonds. The second-order valence-electron chi connectivity index (χ2n) is 5.58. The van der Waals surface area contributed by atoms with E-state index in [4.69, 9.17) is 14.2 Å². The lowest BCUT2D eigenvalue weighted by atomic mass is 10.2. The van der Waals surface area contributed by atoms with Gasteiger partial charge in [-0.15, -0.1) is 0 Å². The van der Waals surface area contributed by atoms with Gasteiger partial charge in [-0.05, 0) is 24.6 Å². The zero-order valence-corrected chi connectivity index (χ0v) is 16.4. The van der Waals surface area contributed by atoms with E-state index in [9.17, 15) is 13.2 Å². The molecule has 0 aliphatic heterocycles. The number of carbonyl (C=O) groups excluding carboxylic acids is 1. The maximum atomic E-state index is 13.3. The molecule has 0 aliphatic carbocycles. The molecule has 7 nitrogen and oxygen atoms in total. The maximum absolute atomic E-state index is 13.3. The quantitative estimate of drug-likeness (QED) is 0.609. The Morgan fingerprint density at radius 2 is 1.74 bits per heavy atom. The summed E-state index contributed by atoms with van der Waals surface area (Å²) in [5.41, 5.74) is 0.743. The maximum Gasteiger partial charge on any atom is 0.321 e. The molecule has 0 saturated heterocycles. The molecule has 2 aromatic rings. The number of esters is 1. The van der Waals surface area contributed by atoms with Crippen LogP contribution >= 0.6 is 0 Å². The summed E-state index contributed by atoms with van der Waals surface area (Å²) in [6, 6.07) is 13.5. The SMILES string of the molecule is CCOC(=O)CN(Cc1ccccc1)S(=O)(=O)c1cc(OC)ccc1OC. The average Bonchev–Trinajstić information content (AvgIpc) is 2.68. The van der Waals surface area contributed by atoms with E-state index in [1.807, 2.05) is 6.07 Å². The summed E-state index contributed by atoms with van der Waals surface area (Å²) in [5, 5.41) is 0. The van der Waals surface area contributed by atoms with Crippen molar-refractivity contribution in [3.8, 4) is 11.5 Å². The van der Waals surface area contributed by atoms with Gasteiger partial charge >= 0.3 is 5.97 Å². The molecule has 0 aromatic heterocycles. The number of sulfonamides is 1. The van der Waals surface area contributed by atoms with Gasteiger partial charge in [0.1, 0.15) is 22.9 Å². The van der Waals surface area contributed by atoms with Gasteiger partial charge < -0.3 is 14.2 Å². The number of methoxy groups -OCH3 is 2. The Balaban J connectivity index is 2.47. The number of carbonyl (C=O) groups is 1. The predicted octanol–water partition coefficient (Wildman–Crippen LogP) is 2.46. The van der Waals surface area contributed by atoms with Crippen molar-refractivity contribution in [2.45, 2.75) is 18.4 Å². The highest BCUT2D eigenvalue weighted by Gasteiger charge is 2.30. The smallest absolute Gasteiger partial charge is 0.321 e. The van der Waals surface area contributed by atoms with E-state index in [-0.39, 0.29) is 23.8 Å². The van der Waals surface area contributed by atoms with Crippen LogP contribution in [0.3, 0.4) is 0 Å². The van der Waals surface area contributed by atoms with Gasteiger partial charge in [-0.3, -0.25) is 4.79 Å². The zero-order chi connectivity index (χ0) is 19.9. The van der Waals surface area contributed by atoms with Gasteiger partial charge in [-0.2, -0.15) is 4.31 Å². The van der Waals surface area contributed by atoms with E-state index in [1.54, 1.807) is 37.3 Å². The monoisotopic (exact) mass is 393 g/mol. The van der Waals surface area contributed by atoms with E-state index in [1.165, 1.54) is 26.4 Å². The molecule has 146 valence electrons. The van der Waals surface area contributed by atoms with Crippen LogP contribution < -0.4 is 9.47 Å². The van der Waals surface area contributed by atoms with Gasteiger partial charge in [-0.25, -0.2) is 8.42 Å². The van der Waals surface area contributed by atoms with E-state index in [2.05, 4.69) is 0 Å². The minimum atomic E-state index is -4.06. The van der Waals surface area contributed by atoms with Gasteiger partial charge in [0.2, 0.25) is 10.0 Å². The van der Waals surface area contributed by atoms with Crippen molar-refractivity contribution in [1.29, 1.82) is 0 Å². The largest absolute Gasteiger partial charge is 0.497 e. The van der Waals surface area contributed by atoms with Crippen molar-refractivity contribution < 1.29 is 27.4 Å². The number of rotatable bonds is 9. The molecule has 0 saturated carbocycles. The Hall–Kier alpha value is -2.58. The number of benzene rings is 2. The van der Waals surface area contributed by atoms with Gasteiger partial charge in [0.15, 0.2) is 0 Å². The summed E-state index contributed by atoms with van der Waals surface area (Å²) in [5.74, 6) is -0.0956. The van der Waals surface area contributed by atoms with E-state index in [0.29, 0.717) is 5.75 Å². The van der Waals surface area contributed by atoms with Crippen LogP contribution in [0.2, 0.25) is 0 Å². The fraction of sp³-hybridized carbons (Fsp3) is 0.316. The zero-order valence-electron chi connectivity index (χ0n) is 15.5. The molecule has 0 atom stereocenters. The third-order valence-corrected chi connectivity index (χ3v) is 5.61. The van der Waals surface area contributed by atoms with Gasteiger partial charge in [-0.1, -0.05) is 30.3 Å². The Kier molecular flexibility index (Phi) is 7.20. The highest BCUT2D eigenvalue weighted by molar-refractivity contribution is 7.89. The summed E-state index contributed by atoms with van der Waals surface area (Å²) < 4.78 is 43.0. The van der Waals surface area contributed by atoms with Crippen LogP contribution in [0.15, 0.2) is 53.4 Å². The lowest BCUT2D eigenvalue weighted by molar-refractivity contribution is -0.143. The Morgan fingerprint density at radius 3 is 2.33 bits per heavy atom. The second-order valence-corrected chi connectivity index (χ2v) is 7.49. The van der Waals surface area contributed by atoms with Crippen LogP contribution in [-0.2, 0) is 26.1 Å². The van der Waals surface area contributed by atoms with Crippen molar-refractivity contribution in [2.75, 3.05) is 27.4 Å². The molecule has 2 rings (SSSR count). The van der Waals surface area contributed by atoms with Crippen molar-refractivity contribution in [3.05, 3.63) is 54.1 Å². The lowest BCUT2D eigenvalue weighted by Crippen LogP contribution is -2.36. The van der Waals surface area contributed by atoms with Crippen molar-refractivity contribution >= 4 is 16.0 Å². The van der Waals surface area contributed by atoms with Gasteiger partial charge in [0.25, 0.3) is 0 Å². The Morgan fingerprint density at radius 1 is 1.04 bits per heavy atom. The first kappa shape index (κ1) is 20.7. The molecule has 0 N–H and O–H groups in total. The number of nitrogens with zero attached hydrogens (tertiary/aromatic N) is 1. The fourth-order valence-corrected chi connectivity index (χ4v) is 4.03.